The number of nitrogens with one attached hydrogen (secondary N) is 1. The number of rotatable bonds is 4. The number of anilines is 1. The van der Waals surface area contributed by atoms with E-state index in [0.717, 1.165) is 76.2 Å². The van der Waals surface area contributed by atoms with Crippen LogP contribution in [-0.4, -0.2) is 25.7 Å². The van der Waals surface area contributed by atoms with Crippen molar-refractivity contribution < 1.29 is 4.74 Å². The Labute approximate surface area is 232 Å². The van der Waals surface area contributed by atoms with Crippen LogP contribution in [0.3, 0.4) is 0 Å². The fourth-order valence-electron chi connectivity index (χ4n) is 6.08. The van der Waals surface area contributed by atoms with Crippen LogP contribution >= 0.6 is 0 Å². The summed E-state index contributed by atoms with van der Waals surface area (Å²) in [6.07, 6.45) is 22.2. The molecule has 1 unspecified atom stereocenters. The van der Waals surface area contributed by atoms with Crippen molar-refractivity contribution in [2.45, 2.75) is 31.9 Å². The van der Waals surface area contributed by atoms with E-state index in [-0.39, 0.29) is 6.23 Å². The molecule has 2 aliphatic carbocycles. The third-order valence-corrected chi connectivity index (χ3v) is 7.99. The maximum Gasteiger partial charge on any atom is 0.192 e. The summed E-state index contributed by atoms with van der Waals surface area (Å²) in [6.45, 7) is 0. The molecule has 40 heavy (non-hydrogen) atoms. The number of fused-ring (bicyclic) bond motifs is 5. The smallest absolute Gasteiger partial charge is 0.192 e. The molecule has 194 valence electrons. The third-order valence-electron chi connectivity index (χ3n) is 7.99. The van der Waals surface area contributed by atoms with Crippen LogP contribution in [0, 0.1) is 0 Å². The average Bonchev–Trinajstić information content (AvgIpc) is 3.62. The molecule has 0 bridgehead atoms. The van der Waals surface area contributed by atoms with Crippen LogP contribution in [-0.2, 0) is 6.42 Å². The molecule has 8 rings (SSSR count). The van der Waals surface area contributed by atoms with Crippen LogP contribution in [0.15, 0.2) is 103 Å². The van der Waals surface area contributed by atoms with Crippen LogP contribution in [0.4, 0.5) is 5.69 Å². The van der Waals surface area contributed by atoms with E-state index in [4.69, 9.17) is 9.72 Å². The first kappa shape index (κ1) is 23.0. The average molecular weight is 522 g/mol. The Kier molecular flexibility index (Phi) is 5.37. The highest BCUT2D eigenvalue weighted by Crippen LogP contribution is 2.46. The molecule has 1 aromatic carbocycles. The molecule has 0 fully saturated rings. The van der Waals surface area contributed by atoms with Gasteiger partial charge >= 0.3 is 0 Å². The molecule has 6 heteroatoms. The first-order valence-electron chi connectivity index (χ1n) is 13.8. The number of ether oxygens (including phenoxy) is 1. The number of allylic oxidation sites excluding steroid dienone is 4. The van der Waals surface area contributed by atoms with Gasteiger partial charge in [0.2, 0.25) is 0 Å². The first-order chi connectivity index (χ1) is 19.8. The molecular formula is C34H27N5O. The summed E-state index contributed by atoms with van der Waals surface area (Å²) in [5.74, 6) is 1.82. The summed E-state index contributed by atoms with van der Waals surface area (Å²) in [5.41, 5.74) is 10.1. The van der Waals surface area contributed by atoms with E-state index in [2.05, 4.69) is 74.5 Å². The molecule has 5 aromatic rings. The van der Waals surface area contributed by atoms with E-state index in [1.165, 1.54) is 16.8 Å². The van der Waals surface area contributed by atoms with Gasteiger partial charge < -0.3 is 10.1 Å². The Morgan fingerprint density at radius 3 is 2.42 bits per heavy atom. The lowest BCUT2D eigenvalue weighted by molar-refractivity contribution is 0.287. The summed E-state index contributed by atoms with van der Waals surface area (Å²) in [7, 11) is 0. The predicted molar refractivity (Wildman–Crippen MR) is 159 cm³/mol. The van der Waals surface area contributed by atoms with Gasteiger partial charge in [0.25, 0.3) is 0 Å². The summed E-state index contributed by atoms with van der Waals surface area (Å²) < 4.78 is 9.00. The number of hydrogen-bond donors (Lipinski definition) is 1. The minimum Gasteiger partial charge on any atom is -0.464 e. The van der Waals surface area contributed by atoms with Crippen LogP contribution in [0.1, 0.15) is 30.5 Å². The lowest BCUT2D eigenvalue weighted by atomic mass is 10.0. The molecule has 0 saturated carbocycles. The fraction of sp³-hybridized carbons (Fsp3) is 0.147. The van der Waals surface area contributed by atoms with E-state index in [1.54, 1.807) is 0 Å². The van der Waals surface area contributed by atoms with Gasteiger partial charge in [-0.05, 0) is 90.9 Å². The Hall–Kier alpha value is -4.97. The van der Waals surface area contributed by atoms with Crippen molar-refractivity contribution in [1.82, 2.24) is 19.5 Å². The van der Waals surface area contributed by atoms with Gasteiger partial charge in [-0.25, -0.2) is 4.98 Å². The molecule has 5 heterocycles. The monoisotopic (exact) mass is 521 g/mol. The van der Waals surface area contributed by atoms with E-state index >= 15 is 0 Å². The van der Waals surface area contributed by atoms with Gasteiger partial charge in [-0.3, -0.25) is 14.5 Å². The largest absolute Gasteiger partial charge is 0.464 e. The Balaban J connectivity index is 1.34. The number of benzene rings is 1. The molecule has 4 aromatic heterocycles. The predicted octanol–water partition coefficient (Wildman–Crippen LogP) is 7.52. The summed E-state index contributed by atoms with van der Waals surface area (Å²) in [6, 6.07) is 16.8. The quantitative estimate of drug-likeness (QED) is 0.265. The standard InChI is InChI=1S/C34H27N5O/c1-2-6-24(7-3-1)34-38-27-10-11-30-32(33(27)40-34)26-8-4-5-9-29(26)39(30)31-21-25(22-12-16-35-17-13-22)20-28(37-31)23-14-18-36-19-15-23/h1-2,4,6,8,10-21,34,38H,3,5,7,9H2. The van der Waals surface area contributed by atoms with Gasteiger partial charge in [0.05, 0.1) is 22.3 Å². The number of aromatic nitrogens is 4. The van der Waals surface area contributed by atoms with Crippen LogP contribution < -0.4 is 10.1 Å². The van der Waals surface area contributed by atoms with Gasteiger partial charge in [-0.2, -0.15) is 0 Å². The molecule has 0 radical (unpaired) electrons. The third kappa shape index (κ3) is 3.75. The van der Waals surface area contributed by atoms with Gasteiger partial charge in [-0.15, -0.1) is 0 Å². The molecule has 0 saturated heterocycles. The van der Waals surface area contributed by atoms with Crippen LogP contribution in [0.25, 0.3) is 45.2 Å². The van der Waals surface area contributed by atoms with E-state index in [0.29, 0.717) is 0 Å². The van der Waals surface area contributed by atoms with E-state index < -0.39 is 0 Å². The van der Waals surface area contributed by atoms with Crippen molar-refractivity contribution in [1.29, 1.82) is 0 Å². The highest BCUT2D eigenvalue weighted by Gasteiger charge is 2.31. The maximum atomic E-state index is 6.67. The summed E-state index contributed by atoms with van der Waals surface area (Å²) in [5, 5.41) is 4.77. The number of pyridine rings is 3. The van der Waals surface area contributed by atoms with Crippen LogP contribution in [0.2, 0.25) is 0 Å². The Morgan fingerprint density at radius 2 is 1.62 bits per heavy atom. The van der Waals surface area contributed by atoms with E-state index in [1.807, 2.05) is 49.1 Å². The van der Waals surface area contributed by atoms with Gasteiger partial charge in [0, 0.05) is 41.6 Å². The maximum absolute atomic E-state index is 6.67. The van der Waals surface area contributed by atoms with Crippen molar-refractivity contribution in [2.24, 2.45) is 0 Å². The second kappa shape index (κ2) is 9.35. The van der Waals surface area contributed by atoms with E-state index in [9.17, 15) is 0 Å². The molecule has 1 N–H and O–H groups in total. The highest BCUT2D eigenvalue weighted by molar-refractivity contribution is 6.02. The minimum atomic E-state index is -0.136. The minimum absolute atomic E-state index is 0.136. The highest BCUT2D eigenvalue weighted by atomic mass is 16.5. The van der Waals surface area contributed by atoms with Crippen molar-refractivity contribution in [3.8, 4) is 34.0 Å². The summed E-state index contributed by atoms with van der Waals surface area (Å²) >= 11 is 0. The van der Waals surface area contributed by atoms with Crippen molar-refractivity contribution >= 4 is 22.7 Å². The van der Waals surface area contributed by atoms with Crippen molar-refractivity contribution in [3.63, 3.8) is 0 Å². The van der Waals surface area contributed by atoms with Crippen LogP contribution in [0.5, 0.6) is 5.75 Å². The topological polar surface area (TPSA) is 64.9 Å². The number of nitrogens with zero attached hydrogens (tertiary/aromatic N) is 4. The fourth-order valence-corrected chi connectivity index (χ4v) is 6.08. The normalized spacial score (nSPS) is 17.2. The zero-order chi connectivity index (χ0) is 26.5. The SMILES string of the molecule is C1=CCCC(C2Nc3ccc4c(c5c(n4-c4cc(-c6ccncc6)cc(-c6ccncc6)n4)CCC=C5)c3O2)=C1. The first-order valence-corrected chi connectivity index (χ1v) is 13.8. The van der Waals surface area contributed by atoms with Gasteiger partial charge in [0.1, 0.15) is 5.82 Å². The molecular weight excluding hydrogens is 494 g/mol. The number of hydrogen-bond acceptors (Lipinski definition) is 5. The molecule has 3 aliphatic rings. The lowest BCUT2D eigenvalue weighted by Gasteiger charge is -2.16. The molecule has 0 amide bonds. The zero-order valence-electron chi connectivity index (χ0n) is 21.9. The Morgan fingerprint density at radius 1 is 0.825 bits per heavy atom. The second-order valence-corrected chi connectivity index (χ2v) is 10.4. The molecule has 1 atom stereocenters. The Bertz CT molecular complexity index is 1790. The van der Waals surface area contributed by atoms with Crippen molar-refractivity contribution in [3.05, 3.63) is 114 Å². The van der Waals surface area contributed by atoms with Crippen molar-refractivity contribution in [2.75, 3.05) is 5.32 Å². The van der Waals surface area contributed by atoms with Gasteiger partial charge in [0.15, 0.2) is 12.0 Å². The molecule has 1 aliphatic heterocycles. The second-order valence-electron chi connectivity index (χ2n) is 10.4. The zero-order valence-corrected chi connectivity index (χ0v) is 21.9. The summed E-state index contributed by atoms with van der Waals surface area (Å²) in [4.78, 5) is 13.7. The molecule has 6 nitrogen and oxygen atoms in total. The lowest BCUT2D eigenvalue weighted by Crippen LogP contribution is -2.23. The molecule has 0 spiro atoms. The van der Waals surface area contributed by atoms with Gasteiger partial charge in [-0.1, -0.05) is 30.4 Å².